The van der Waals surface area contributed by atoms with Crippen molar-refractivity contribution in [2.75, 3.05) is 12.3 Å². The topological polar surface area (TPSA) is 64.3 Å². The van der Waals surface area contributed by atoms with Crippen LogP contribution in [0, 0.1) is 0 Å². The number of carbonyl (C=O) groups is 1. The molecule has 5 heteroatoms. The third-order valence-corrected chi connectivity index (χ3v) is 3.89. The van der Waals surface area contributed by atoms with Crippen LogP contribution in [-0.4, -0.2) is 24.2 Å². The van der Waals surface area contributed by atoms with Gasteiger partial charge in [-0.05, 0) is 38.5 Å². The van der Waals surface area contributed by atoms with E-state index in [0.29, 0.717) is 22.9 Å². The lowest BCUT2D eigenvalue weighted by atomic mass is 9.94. The van der Waals surface area contributed by atoms with E-state index in [0.717, 1.165) is 6.42 Å². The minimum absolute atomic E-state index is 0.00565. The molecule has 0 spiro atoms. The molecule has 0 aliphatic carbocycles. The minimum atomic E-state index is -0.328. The van der Waals surface area contributed by atoms with Gasteiger partial charge in [0.05, 0.1) is 22.4 Å². The van der Waals surface area contributed by atoms with Crippen molar-refractivity contribution >= 4 is 23.2 Å². The predicted octanol–water partition coefficient (Wildman–Crippen LogP) is 2.22. The molecule has 2 rings (SSSR count). The number of nitrogens with two attached hydrogens (primary N) is 1. The van der Waals surface area contributed by atoms with Crippen LogP contribution in [0.1, 0.15) is 30.6 Å². The highest BCUT2D eigenvalue weighted by Gasteiger charge is 2.38. The minimum Gasteiger partial charge on any atom is -0.398 e. The molecule has 98 valence electrons. The summed E-state index contributed by atoms with van der Waals surface area (Å²) in [6.45, 7) is 4.62. The van der Waals surface area contributed by atoms with Gasteiger partial charge in [-0.1, -0.05) is 11.6 Å². The largest absolute Gasteiger partial charge is 0.398 e. The molecule has 0 aromatic heterocycles. The molecule has 4 nitrogen and oxygen atoms in total. The maximum Gasteiger partial charge on any atom is 0.251 e. The van der Waals surface area contributed by atoms with E-state index in [9.17, 15) is 4.79 Å². The zero-order valence-corrected chi connectivity index (χ0v) is 11.3. The predicted molar refractivity (Wildman–Crippen MR) is 71.8 cm³/mol. The number of rotatable bonds is 2. The molecule has 2 unspecified atom stereocenters. The second-order valence-electron chi connectivity index (χ2n) is 4.87. The molecular formula is C13H17ClN2O2. The summed E-state index contributed by atoms with van der Waals surface area (Å²) in [6.07, 6.45) is 0.814. The molecule has 1 saturated heterocycles. The number of carbonyl (C=O) groups excluding carboxylic acids is 1. The van der Waals surface area contributed by atoms with Crippen LogP contribution in [-0.2, 0) is 4.74 Å². The maximum atomic E-state index is 12.1. The van der Waals surface area contributed by atoms with Gasteiger partial charge < -0.3 is 15.8 Å². The molecule has 1 heterocycles. The Balaban J connectivity index is 2.14. The molecule has 1 aromatic rings. The summed E-state index contributed by atoms with van der Waals surface area (Å²) in [7, 11) is 0. The van der Waals surface area contributed by atoms with Crippen LogP contribution >= 0.6 is 11.6 Å². The van der Waals surface area contributed by atoms with E-state index < -0.39 is 0 Å². The molecule has 1 fully saturated rings. The first kappa shape index (κ1) is 13.2. The van der Waals surface area contributed by atoms with Gasteiger partial charge in [0.1, 0.15) is 0 Å². The van der Waals surface area contributed by atoms with E-state index in [-0.39, 0.29) is 17.6 Å². The zero-order chi connectivity index (χ0) is 13.3. The lowest BCUT2D eigenvalue weighted by Crippen LogP contribution is -2.50. The van der Waals surface area contributed by atoms with E-state index >= 15 is 0 Å². The van der Waals surface area contributed by atoms with Crippen molar-refractivity contribution in [1.29, 1.82) is 0 Å². The van der Waals surface area contributed by atoms with E-state index in [1.807, 2.05) is 13.8 Å². The van der Waals surface area contributed by atoms with Crippen LogP contribution < -0.4 is 11.1 Å². The van der Waals surface area contributed by atoms with Gasteiger partial charge in [0.15, 0.2) is 0 Å². The molecule has 18 heavy (non-hydrogen) atoms. The van der Waals surface area contributed by atoms with Gasteiger partial charge in [-0.15, -0.1) is 0 Å². The summed E-state index contributed by atoms with van der Waals surface area (Å²) < 4.78 is 5.49. The second kappa shape index (κ2) is 4.78. The molecule has 1 amide bonds. The van der Waals surface area contributed by atoms with Gasteiger partial charge in [-0.3, -0.25) is 4.79 Å². The summed E-state index contributed by atoms with van der Waals surface area (Å²) in [6, 6.07) is 4.88. The number of amides is 1. The molecule has 0 radical (unpaired) electrons. The summed E-state index contributed by atoms with van der Waals surface area (Å²) in [5.41, 5.74) is 6.28. The van der Waals surface area contributed by atoms with E-state index in [2.05, 4.69) is 5.32 Å². The van der Waals surface area contributed by atoms with Crippen LogP contribution in [0.3, 0.4) is 0 Å². The van der Waals surface area contributed by atoms with E-state index in [1.165, 1.54) is 0 Å². The Bertz CT molecular complexity index is 478. The zero-order valence-electron chi connectivity index (χ0n) is 10.5. The summed E-state index contributed by atoms with van der Waals surface area (Å²) in [4.78, 5) is 12.1. The van der Waals surface area contributed by atoms with Crippen molar-refractivity contribution in [3.63, 3.8) is 0 Å². The quantitative estimate of drug-likeness (QED) is 0.809. The number of ether oxygens (including phenoxy) is 1. The fourth-order valence-corrected chi connectivity index (χ4v) is 2.13. The fourth-order valence-electron chi connectivity index (χ4n) is 2.02. The molecule has 2 atom stereocenters. The van der Waals surface area contributed by atoms with Gasteiger partial charge >= 0.3 is 0 Å². The first-order valence-corrected chi connectivity index (χ1v) is 6.29. The summed E-state index contributed by atoms with van der Waals surface area (Å²) in [5, 5.41) is 3.46. The Morgan fingerprint density at radius 1 is 1.61 bits per heavy atom. The van der Waals surface area contributed by atoms with Crippen molar-refractivity contribution in [3.8, 4) is 0 Å². The maximum absolute atomic E-state index is 12.1. The average Bonchev–Trinajstić information content (AvgIpc) is 2.63. The van der Waals surface area contributed by atoms with Gasteiger partial charge in [-0.25, -0.2) is 0 Å². The number of benzene rings is 1. The second-order valence-corrected chi connectivity index (χ2v) is 5.28. The average molecular weight is 269 g/mol. The van der Waals surface area contributed by atoms with E-state index in [4.69, 9.17) is 22.1 Å². The Morgan fingerprint density at radius 2 is 2.33 bits per heavy atom. The van der Waals surface area contributed by atoms with Crippen molar-refractivity contribution in [2.24, 2.45) is 0 Å². The highest BCUT2D eigenvalue weighted by Crippen LogP contribution is 2.26. The van der Waals surface area contributed by atoms with Gasteiger partial charge in [0, 0.05) is 12.2 Å². The molecule has 1 aromatic carbocycles. The van der Waals surface area contributed by atoms with Gasteiger partial charge in [0.2, 0.25) is 0 Å². The van der Waals surface area contributed by atoms with Gasteiger partial charge in [0.25, 0.3) is 5.91 Å². The lowest BCUT2D eigenvalue weighted by Gasteiger charge is -2.28. The van der Waals surface area contributed by atoms with Crippen molar-refractivity contribution in [3.05, 3.63) is 28.8 Å². The van der Waals surface area contributed by atoms with Crippen LogP contribution in [0.25, 0.3) is 0 Å². The Kier molecular flexibility index (Phi) is 3.50. The monoisotopic (exact) mass is 268 g/mol. The Morgan fingerprint density at radius 3 is 2.89 bits per heavy atom. The van der Waals surface area contributed by atoms with Crippen molar-refractivity contribution < 1.29 is 9.53 Å². The molecule has 0 bridgehead atoms. The number of halogens is 1. The smallest absolute Gasteiger partial charge is 0.251 e. The Hall–Kier alpha value is -1.26. The SMILES string of the molecule is CC1OCCC1(C)NC(=O)c1ccc(Cl)c(N)c1. The third kappa shape index (κ3) is 2.44. The summed E-state index contributed by atoms with van der Waals surface area (Å²) >= 11 is 5.83. The molecule has 0 saturated carbocycles. The number of nitrogen functional groups attached to an aromatic ring is 1. The van der Waals surface area contributed by atoms with E-state index in [1.54, 1.807) is 18.2 Å². The number of hydrogen-bond donors (Lipinski definition) is 2. The Labute approximate surface area is 111 Å². The van der Waals surface area contributed by atoms with Gasteiger partial charge in [-0.2, -0.15) is 0 Å². The van der Waals surface area contributed by atoms with Crippen LogP contribution in [0.4, 0.5) is 5.69 Å². The normalized spacial score (nSPS) is 27.2. The number of nitrogens with one attached hydrogen (secondary N) is 1. The highest BCUT2D eigenvalue weighted by atomic mass is 35.5. The first-order valence-electron chi connectivity index (χ1n) is 5.91. The standard InChI is InChI=1S/C13H17ClN2O2/c1-8-13(2,5-6-18-8)16-12(17)9-3-4-10(14)11(15)7-9/h3-4,7-8H,5-6,15H2,1-2H3,(H,16,17). The third-order valence-electron chi connectivity index (χ3n) is 3.54. The van der Waals surface area contributed by atoms with Crippen LogP contribution in [0.2, 0.25) is 5.02 Å². The lowest BCUT2D eigenvalue weighted by molar-refractivity contribution is 0.0727. The first-order chi connectivity index (χ1) is 8.42. The number of hydrogen-bond acceptors (Lipinski definition) is 3. The molecule has 1 aliphatic rings. The summed E-state index contributed by atoms with van der Waals surface area (Å²) in [5.74, 6) is -0.154. The van der Waals surface area contributed by atoms with Crippen molar-refractivity contribution in [1.82, 2.24) is 5.32 Å². The van der Waals surface area contributed by atoms with Crippen molar-refractivity contribution in [2.45, 2.75) is 31.9 Å². The highest BCUT2D eigenvalue weighted by molar-refractivity contribution is 6.33. The molecule has 1 aliphatic heterocycles. The van der Waals surface area contributed by atoms with Crippen LogP contribution in [0.15, 0.2) is 18.2 Å². The van der Waals surface area contributed by atoms with Crippen LogP contribution in [0.5, 0.6) is 0 Å². The molecule has 3 N–H and O–H groups in total. The fraction of sp³-hybridized carbons (Fsp3) is 0.462. The number of anilines is 1. The molecular weight excluding hydrogens is 252 g/mol.